The molecule has 2 aliphatic rings. The summed E-state index contributed by atoms with van der Waals surface area (Å²) >= 11 is 0. The van der Waals surface area contributed by atoms with Crippen LogP contribution < -0.4 is 14.2 Å². The molecule has 0 aromatic heterocycles. The van der Waals surface area contributed by atoms with Gasteiger partial charge in [0.15, 0.2) is 0 Å². The van der Waals surface area contributed by atoms with Crippen LogP contribution in [0.1, 0.15) is 80.4 Å². The van der Waals surface area contributed by atoms with Gasteiger partial charge in [0.25, 0.3) is 5.91 Å². The molecule has 2 atom stereocenters. The van der Waals surface area contributed by atoms with Gasteiger partial charge in [-0.05, 0) is 83.6 Å². The van der Waals surface area contributed by atoms with Crippen molar-refractivity contribution in [3.8, 4) is 17.2 Å². The van der Waals surface area contributed by atoms with Gasteiger partial charge in [-0.3, -0.25) is 4.79 Å². The Morgan fingerprint density at radius 1 is 1.10 bits per heavy atom. The van der Waals surface area contributed by atoms with Gasteiger partial charge < -0.3 is 24.2 Å². The molecule has 0 saturated heterocycles. The number of methoxy groups -OCH3 is 2. The summed E-state index contributed by atoms with van der Waals surface area (Å²) in [5.41, 5.74) is 5.47. The second-order valence-electron chi connectivity index (χ2n) is 11.3. The molecule has 0 radical (unpaired) electrons. The summed E-state index contributed by atoms with van der Waals surface area (Å²) < 4.78 is 17.6. The lowest BCUT2D eigenvalue weighted by molar-refractivity contribution is -0.0599. The highest BCUT2D eigenvalue weighted by atomic mass is 16.5. The number of aliphatic hydroxyl groups is 1. The van der Waals surface area contributed by atoms with Crippen LogP contribution in [0.25, 0.3) is 0 Å². The van der Waals surface area contributed by atoms with Crippen LogP contribution in [0.5, 0.6) is 17.2 Å². The third-order valence-corrected chi connectivity index (χ3v) is 8.02. The second kappa shape index (κ2) is 12.3. The van der Waals surface area contributed by atoms with E-state index in [0.717, 1.165) is 48.1 Å². The number of amides is 1. The van der Waals surface area contributed by atoms with Gasteiger partial charge in [-0.25, -0.2) is 0 Å². The SMILES string of the molecule is COc1ccc(CCN2Cc3c(cc(OC)c4c3O[C@@](C)(CC/C=C(\C)CCC=C(C)C)[C@@H](O)C4)C2=O)cc1. The van der Waals surface area contributed by atoms with Gasteiger partial charge in [-0.1, -0.05) is 35.4 Å². The first-order valence-corrected chi connectivity index (χ1v) is 14.0. The molecule has 2 aliphatic heterocycles. The molecule has 39 heavy (non-hydrogen) atoms. The number of rotatable bonds is 11. The summed E-state index contributed by atoms with van der Waals surface area (Å²) in [4.78, 5) is 15.3. The minimum atomic E-state index is -0.747. The number of hydrogen-bond acceptors (Lipinski definition) is 5. The van der Waals surface area contributed by atoms with Crippen molar-refractivity contribution in [1.29, 1.82) is 0 Å². The van der Waals surface area contributed by atoms with Crippen molar-refractivity contribution in [2.24, 2.45) is 0 Å². The topological polar surface area (TPSA) is 68.2 Å². The monoisotopic (exact) mass is 533 g/mol. The molecule has 0 fully saturated rings. The number of carbonyl (C=O) groups excluding carboxylic acids is 1. The molecule has 2 aromatic rings. The Hall–Kier alpha value is -3.25. The third-order valence-electron chi connectivity index (χ3n) is 8.02. The average molecular weight is 534 g/mol. The van der Waals surface area contributed by atoms with E-state index in [2.05, 4.69) is 32.9 Å². The number of aliphatic hydroxyl groups excluding tert-OH is 1. The van der Waals surface area contributed by atoms with E-state index in [-0.39, 0.29) is 5.91 Å². The highest BCUT2D eigenvalue weighted by molar-refractivity contribution is 6.00. The van der Waals surface area contributed by atoms with Crippen molar-refractivity contribution in [1.82, 2.24) is 4.90 Å². The van der Waals surface area contributed by atoms with Crippen molar-refractivity contribution < 1.29 is 24.1 Å². The fourth-order valence-corrected chi connectivity index (χ4v) is 5.46. The van der Waals surface area contributed by atoms with E-state index < -0.39 is 11.7 Å². The number of hydrogen-bond donors (Lipinski definition) is 1. The zero-order valence-corrected chi connectivity index (χ0v) is 24.3. The lowest BCUT2D eigenvalue weighted by Gasteiger charge is -2.41. The van der Waals surface area contributed by atoms with Crippen molar-refractivity contribution in [3.05, 3.63) is 75.9 Å². The van der Waals surface area contributed by atoms with E-state index in [1.165, 1.54) is 11.1 Å². The Bertz CT molecular complexity index is 1240. The Kier molecular flexibility index (Phi) is 9.06. The van der Waals surface area contributed by atoms with Crippen LogP contribution in [-0.2, 0) is 19.4 Å². The second-order valence-corrected chi connectivity index (χ2v) is 11.3. The molecule has 1 amide bonds. The van der Waals surface area contributed by atoms with Gasteiger partial charge >= 0.3 is 0 Å². The summed E-state index contributed by atoms with van der Waals surface area (Å²) in [6, 6.07) is 9.77. The number of carbonyl (C=O) groups is 1. The minimum absolute atomic E-state index is 0.00837. The predicted molar refractivity (Wildman–Crippen MR) is 155 cm³/mol. The minimum Gasteiger partial charge on any atom is -0.497 e. The number of allylic oxidation sites excluding steroid dienone is 4. The van der Waals surface area contributed by atoms with E-state index in [0.29, 0.717) is 43.0 Å². The molecule has 0 spiro atoms. The maximum Gasteiger partial charge on any atom is 0.254 e. The standard InChI is InChI=1S/C33H43NO5/c1-22(2)9-7-10-23(3)11-8-17-33(4)30(35)20-27-29(38-6)19-26-28(31(27)39-33)21-34(32(26)36)18-16-24-12-14-25(37-5)15-13-24/h9,11-15,19,30,35H,7-8,10,16-18,20-21H2,1-6H3/b23-11+/t30-,33-/m0/s1. The van der Waals surface area contributed by atoms with Crippen LogP contribution in [0.15, 0.2) is 53.6 Å². The van der Waals surface area contributed by atoms with Gasteiger partial charge in [-0.15, -0.1) is 0 Å². The Morgan fingerprint density at radius 3 is 2.51 bits per heavy atom. The molecule has 0 saturated carbocycles. The quantitative estimate of drug-likeness (QED) is 0.337. The first-order valence-electron chi connectivity index (χ1n) is 14.0. The van der Waals surface area contributed by atoms with Gasteiger partial charge in [0, 0.05) is 24.1 Å². The number of nitrogens with zero attached hydrogens (tertiary/aromatic N) is 1. The number of benzene rings is 2. The molecule has 0 aliphatic carbocycles. The largest absolute Gasteiger partial charge is 0.497 e. The summed E-state index contributed by atoms with van der Waals surface area (Å²) in [5, 5.41) is 11.2. The van der Waals surface area contributed by atoms with E-state index in [9.17, 15) is 9.90 Å². The van der Waals surface area contributed by atoms with Crippen LogP contribution in [-0.4, -0.2) is 48.4 Å². The van der Waals surface area contributed by atoms with Crippen LogP contribution in [0.4, 0.5) is 0 Å². The number of fused-ring (bicyclic) bond motifs is 3. The van der Waals surface area contributed by atoms with E-state index in [1.807, 2.05) is 42.2 Å². The third kappa shape index (κ3) is 6.50. The Morgan fingerprint density at radius 2 is 1.85 bits per heavy atom. The van der Waals surface area contributed by atoms with Crippen molar-refractivity contribution in [2.45, 2.75) is 84.5 Å². The molecule has 6 nitrogen and oxygen atoms in total. The molecule has 0 unspecified atom stereocenters. The molecule has 1 N–H and O–H groups in total. The van der Waals surface area contributed by atoms with Crippen molar-refractivity contribution in [2.75, 3.05) is 20.8 Å². The molecule has 0 bridgehead atoms. The van der Waals surface area contributed by atoms with Crippen molar-refractivity contribution in [3.63, 3.8) is 0 Å². The summed E-state index contributed by atoms with van der Waals surface area (Å²) in [5.74, 6) is 2.12. The van der Waals surface area contributed by atoms with Crippen LogP contribution in [0.3, 0.4) is 0 Å². The lowest BCUT2D eigenvalue weighted by Crippen LogP contribution is -2.49. The first kappa shape index (κ1) is 28.8. The molecule has 2 aromatic carbocycles. The fraction of sp³-hybridized carbons (Fsp3) is 0.485. The van der Waals surface area contributed by atoms with E-state index in [1.54, 1.807) is 14.2 Å². The van der Waals surface area contributed by atoms with Gasteiger partial charge in [0.1, 0.15) is 22.8 Å². The molecule has 210 valence electrons. The zero-order chi connectivity index (χ0) is 28.2. The Balaban J connectivity index is 1.49. The highest BCUT2D eigenvalue weighted by Crippen LogP contribution is 2.46. The smallest absolute Gasteiger partial charge is 0.254 e. The van der Waals surface area contributed by atoms with Gasteiger partial charge in [-0.2, -0.15) is 0 Å². The average Bonchev–Trinajstić information content (AvgIpc) is 3.23. The molecule has 6 heteroatoms. The summed E-state index contributed by atoms with van der Waals surface area (Å²) in [6.07, 6.45) is 8.63. The molecule has 4 rings (SSSR count). The molecule has 2 heterocycles. The van der Waals surface area contributed by atoms with Crippen molar-refractivity contribution >= 4 is 5.91 Å². The molecular formula is C33H43NO5. The normalized spacial score (nSPS) is 20.3. The van der Waals surface area contributed by atoms with Crippen LogP contribution >= 0.6 is 0 Å². The fourth-order valence-electron chi connectivity index (χ4n) is 5.46. The molecular weight excluding hydrogens is 490 g/mol. The predicted octanol–water partition coefficient (Wildman–Crippen LogP) is 6.43. The van der Waals surface area contributed by atoms with Gasteiger partial charge in [0.05, 0.1) is 32.4 Å². The summed E-state index contributed by atoms with van der Waals surface area (Å²) in [7, 11) is 3.26. The zero-order valence-electron chi connectivity index (χ0n) is 24.3. The maximum atomic E-state index is 13.4. The van der Waals surface area contributed by atoms with Gasteiger partial charge in [0.2, 0.25) is 0 Å². The van der Waals surface area contributed by atoms with E-state index >= 15 is 0 Å². The van der Waals surface area contributed by atoms with E-state index in [4.69, 9.17) is 14.2 Å². The highest BCUT2D eigenvalue weighted by Gasteiger charge is 2.44. The lowest BCUT2D eigenvalue weighted by atomic mass is 9.84. The first-order chi connectivity index (χ1) is 18.6. The van der Waals surface area contributed by atoms with Crippen LogP contribution in [0.2, 0.25) is 0 Å². The van der Waals surface area contributed by atoms with Crippen LogP contribution in [0, 0.1) is 0 Å². The number of ether oxygens (including phenoxy) is 3. The maximum absolute atomic E-state index is 13.4. The Labute approximate surface area is 233 Å². The summed E-state index contributed by atoms with van der Waals surface area (Å²) in [6.45, 7) is 9.49.